The number of rotatable bonds is 4. The van der Waals surface area contributed by atoms with Crippen LogP contribution < -0.4 is 10.1 Å². The van der Waals surface area contributed by atoms with Crippen LogP contribution in [0.15, 0.2) is 30.6 Å². The summed E-state index contributed by atoms with van der Waals surface area (Å²) in [6.45, 7) is 1.97. The van der Waals surface area contributed by atoms with Crippen LogP contribution in [0.5, 0.6) is 5.75 Å². The minimum Gasteiger partial charge on any atom is -0.497 e. The van der Waals surface area contributed by atoms with Gasteiger partial charge in [-0.05, 0) is 19.1 Å². The highest BCUT2D eigenvalue weighted by molar-refractivity contribution is 5.61. The third-order valence-corrected chi connectivity index (χ3v) is 2.65. The minimum absolute atomic E-state index is 0.0146. The number of benzene rings is 1. The van der Waals surface area contributed by atoms with Crippen molar-refractivity contribution in [3.05, 3.63) is 42.0 Å². The molecule has 0 aliphatic heterocycles. The van der Waals surface area contributed by atoms with Gasteiger partial charge in [0.1, 0.15) is 17.6 Å². The fraction of sp³-hybridized carbons (Fsp3) is 0.231. The molecule has 0 bridgehead atoms. The number of nitrogens with zero attached hydrogens (tertiary/aromatic N) is 2. The molecule has 0 spiro atoms. The van der Waals surface area contributed by atoms with E-state index in [1.165, 1.54) is 0 Å². The molecule has 18 heavy (non-hydrogen) atoms. The largest absolute Gasteiger partial charge is 0.497 e. The molecule has 1 atom stereocenters. The van der Waals surface area contributed by atoms with Gasteiger partial charge in [0.2, 0.25) is 0 Å². The van der Waals surface area contributed by atoms with Gasteiger partial charge in [-0.1, -0.05) is 0 Å². The number of aromatic amines is 1. The van der Waals surface area contributed by atoms with Crippen LogP contribution in [0.3, 0.4) is 0 Å². The zero-order chi connectivity index (χ0) is 13.0. The van der Waals surface area contributed by atoms with E-state index < -0.39 is 0 Å². The van der Waals surface area contributed by atoms with E-state index in [2.05, 4.69) is 21.4 Å². The first-order valence-electron chi connectivity index (χ1n) is 5.58. The van der Waals surface area contributed by atoms with Gasteiger partial charge in [0.25, 0.3) is 0 Å². The van der Waals surface area contributed by atoms with Crippen molar-refractivity contribution in [3.63, 3.8) is 0 Å². The molecule has 0 radical (unpaired) electrons. The molecule has 1 unspecified atom stereocenters. The number of imidazole rings is 1. The minimum atomic E-state index is -0.0146. The number of aromatic nitrogens is 2. The molecule has 0 saturated heterocycles. The van der Waals surface area contributed by atoms with Crippen LogP contribution in [0.1, 0.15) is 24.4 Å². The van der Waals surface area contributed by atoms with Gasteiger partial charge >= 0.3 is 0 Å². The highest BCUT2D eigenvalue weighted by atomic mass is 16.5. The Hall–Kier alpha value is -2.48. The molecule has 0 saturated carbocycles. The SMILES string of the molecule is COc1ccc(C#N)c(NC(C)c2ncc[nH]2)c1. The van der Waals surface area contributed by atoms with Gasteiger partial charge in [-0.2, -0.15) is 5.26 Å². The fourth-order valence-electron chi connectivity index (χ4n) is 1.68. The molecular formula is C13H14N4O. The van der Waals surface area contributed by atoms with Gasteiger partial charge in [-0.3, -0.25) is 0 Å². The molecule has 5 heteroatoms. The van der Waals surface area contributed by atoms with Crippen molar-refractivity contribution in [2.24, 2.45) is 0 Å². The molecule has 2 rings (SSSR count). The van der Waals surface area contributed by atoms with Gasteiger partial charge < -0.3 is 15.0 Å². The van der Waals surface area contributed by atoms with Crippen molar-refractivity contribution in [3.8, 4) is 11.8 Å². The second kappa shape index (κ2) is 5.23. The molecule has 0 amide bonds. The highest BCUT2D eigenvalue weighted by Crippen LogP contribution is 2.25. The Morgan fingerprint density at radius 3 is 2.94 bits per heavy atom. The maximum atomic E-state index is 9.07. The number of ether oxygens (including phenoxy) is 1. The van der Waals surface area contributed by atoms with E-state index >= 15 is 0 Å². The lowest BCUT2D eigenvalue weighted by Crippen LogP contribution is -2.09. The van der Waals surface area contributed by atoms with Gasteiger partial charge in [-0.15, -0.1) is 0 Å². The lowest BCUT2D eigenvalue weighted by atomic mass is 10.1. The van der Waals surface area contributed by atoms with E-state index in [-0.39, 0.29) is 6.04 Å². The predicted octanol–water partition coefficient (Wildman–Crippen LogP) is 2.46. The molecule has 1 aromatic carbocycles. The Morgan fingerprint density at radius 1 is 1.50 bits per heavy atom. The Balaban J connectivity index is 2.25. The van der Waals surface area contributed by atoms with E-state index in [1.807, 2.05) is 6.92 Å². The zero-order valence-corrected chi connectivity index (χ0v) is 10.3. The van der Waals surface area contributed by atoms with E-state index in [1.54, 1.807) is 37.7 Å². The number of nitrogens with one attached hydrogen (secondary N) is 2. The molecular weight excluding hydrogens is 228 g/mol. The first-order valence-corrected chi connectivity index (χ1v) is 5.58. The monoisotopic (exact) mass is 242 g/mol. The van der Waals surface area contributed by atoms with E-state index in [0.717, 1.165) is 11.5 Å². The smallest absolute Gasteiger partial charge is 0.128 e. The first-order chi connectivity index (χ1) is 8.74. The molecule has 0 fully saturated rings. The maximum absolute atomic E-state index is 9.07. The van der Waals surface area contributed by atoms with E-state index in [4.69, 9.17) is 10.00 Å². The summed E-state index contributed by atoms with van der Waals surface area (Å²) in [6.07, 6.45) is 3.47. The average Bonchev–Trinajstić information content (AvgIpc) is 2.92. The summed E-state index contributed by atoms with van der Waals surface area (Å²) in [4.78, 5) is 7.21. The number of hydrogen-bond acceptors (Lipinski definition) is 4. The van der Waals surface area contributed by atoms with Gasteiger partial charge in [0, 0.05) is 18.5 Å². The van der Waals surface area contributed by atoms with Gasteiger partial charge in [0.05, 0.1) is 24.4 Å². The standard InChI is InChI=1S/C13H14N4O/c1-9(13-15-5-6-16-13)17-12-7-11(18-2)4-3-10(12)8-14/h3-7,9,17H,1-2H3,(H,15,16). The van der Waals surface area contributed by atoms with Crippen molar-refractivity contribution in [1.29, 1.82) is 5.26 Å². The van der Waals surface area contributed by atoms with Crippen LogP contribution in [0, 0.1) is 11.3 Å². The van der Waals surface area contributed by atoms with Crippen LogP contribution in [-0.4, -0.2) is 17.1 Å². The third-order valence-electron chi connectivity index (χ3n) is 2.65. The highest BCUT2D eigenvalue weighted by Gasteiger charge is 2.10. The van der Waals surface area contributed by atoms with Crippen LogP contribution >= 0.6 is 0 Å². The second-order valence-electron chi connectivity index (χ2n) is 3.86. The normalized spacial score (nSPS) is 11.6. The van der Waals surface area contributed by atoms with Crippen molar-refractivity contribution < 1.29 is 4.74 Å². The Labute approximate surface area is 105 Å². The molecule has 1 heterocycles. The number of methoxy groups -OCH3 is 1. The summed E-state index contributed by atoms with van der Waals surface area (Å²) in [5.41, 5.74) is 1.31. The van der Waals surface area contributed by atoms with Crippen LogP contribution in [0.25, 0.3) is 0 Å². The molecule has 1 aromatic heterocycles. The van der Waals surface area contributed by atoms with E-state index in [9.17, 15) is 0 Å². The number of H-pyrrole nitrogens is 1. The summed E-state index contributed by atoms with van der Waals surface area (Å²) in [6, 6.07) is 7.44. The number of nitriles is 1. The third kappa shape index (κ3) is 2.43. The molecule has 5 nitrogen and oxygen atoms in total. The summed E-state index contributed by atoms with van der Waals surface area (Å²) in [5, 5.41) is 12.3. The van der Waals surface area contributed by atoms with Crippen molar-refractivity contribution in [1.82, 2.24) is 9.97 Å². The fourth-order valence-corrected chi connectivity index (χ4v) is 1.68. The van der Waals surface area contributed by atoms with Gasteiger partial charge in [-0.25, -0.2) is 4.98 Å². The summed E-state index contributed by atoms with van der Waals surface area (Å²) >= 11 is 0. The Bertz CT molecular complexity index is 557. The number of anilines is 1. The maximum Gasteiger partial charge on any atom is 0.128 e. The lowest BCUT2D eigenvalue weighted by molar-refractivity contribution is 0.415. The first kappa shape index (κ1) is 12.0. The summed E-state index contributed by atoms with van der Waals surface area (Å²) < 4.78 is 5.15. The molecule has 0 aliphatic carbocycles. The van der Waals surface area contributed by atoms with Crippen molar-refractivity contribution in [2.45, 2.75) is 13.0 Å². The number of hydrogen-bond donors (Lipinski definition) is 2. The average molecular weight is 242 g/mol. The quantitative estimate of drug-likeness (QED) is 0.863. The summed E-state index contributed by atoms with van der Waals surface area (Å²) in [5.74, 6) is 1.53. The summed E-state index contributed by atoms with van der Waals surface area (Å²) in [7, 11) is 1.60. The molecule has 92 valence electrons. The van der Waals surface area contributed by atoms with Crippen LogP contribution in [0.4, 0.5) is 5.69 Å². The lowest BCUT2D eigenvalue weighted by Gasteiger charge is -2.15. The Morgan fingerprint density at radius 2 is 2.33 bits per heavy atom. The van der Waals surface area contributed by atoms with Crippen molar-refractivity contribution >= 4 is 5.69 Å². The molecule has 0 aliphatic rings. The topological polar surface area (TPSA) is 73.7 Å². The van der Waals surface area contributed by atoms with Gasteiger partial charge in [0.15, 0.2) is 0 Å². The van der Waals surface area contributed by atoms with E-state index in [0.29, 0.717) is 11.3 Å². The van der Waals surface area contributed by atoms with Crippen LogP contribution in [0.2, 0.25) is 0 Å². The predicted molar refractivity (Wildman–Crippen MR) is 68.3 cm³/mol. The second-order valence-corrected chi connectivity index (χ2v) is 3.86. The molecule has 2 aromatic rings. The Kier molecular flexibility index (Phi) is 3.49. The molecule has 2 N–H and O–H groups in total. The zero-order valence-electron chi connectivity index (χ0n) is 10.3. The van der Waals surface area contributed by atoms with Crippen LogP contribution in [-0.2, 0) is 0 Å². The van der Waals surface area contributed by atoms with Crippen molar-refractivity contribution in [2.75, 3.05) is 12.4 Å².